The summed E-state index contributed by atoms with van der Waals surface area (Å²) < 4.78 is 0. The summed E-state index contributed by atoms with van der Waals surface area (Å²) in [6, 6.07) is 5.58. The Hall–Kier alpha value is -2.25. The molecule has 1 saturated heterocycles. The number of H-pyrrole nitrogens is 1. The Morgan fingerprint density at radius 2 is 2.17 bits per heavy atom. The minimum Gasteiger partial charge on any atom is -0.380 e. The van der Waals surface area contributed by atoms with Gasteiger partial charge in [-0.25, -0.2) is 9.97 Å². The van der Waals surface area contributed by atoms with Gasteiger partial charge in [0.15, 0.2) is 0 Å². The van der Waals surface area contributed by atoms with Crippen LogP contribution in [0.4, 0.5) is 5.82 Å². The van der Waals surface area contributed by atoms with Crippen molar-refractivity contribution >= 4 is 28.3 Å². The van der Waals surface area contributed by atoms with Crippen LogP contribution in [-0.4, -0.2) is 43.6 Å². The minimum absolute atomic E-state index is 0.414. The highest BCUT2D eigenvalue weighted by molar-refractivity contribution is 6.31. The molecule has 2 aromatic heterocycles. The van der Waals surface area contributed by atoms with Crippen LogP contribution >= 0.6 is 11.6 Å². The van der Waals surface area contributed by atoms with Gasteiger partial charge in [-0.2, -0.15) is 15.4 Å². The van der Waals surface area contributed by atoms with Crippen LogP contribution in [0.25, 0.3) is 10.9 Å². The largest absolute Gasteiger partial charge is 0.380 e. The standard InChI is InChI=1S/C15H15ClN6O/c1-2-13-18-11-5-9(16)3-4-10(11)14(19-13)22-7-15(23,8-22)12-6-17-21-20-12/h3-6,23H,2,7-8H2,1H3,(H,17,20,21). The van der Waals surface area contributed by atoms with Crippen LogP contribution < -0.4 is 4.90 Å². The van der Waals surface area contributed by atoms with Gasteiger partial charge in [0.1, 0.15) is 22.9 Å². The molecule has 0 saturated carbocycles. The van der Waals surface area contributed by atoms with Gasteiger partial charge in [-0.3, -0.25) is 0 Å². The first kappa shape index (κ1) is 14.3. The number of aryl methyl sites for hydroxylation is 1. The minimum atomic E-state index is -0.997. The van der Waals surface area contributed by atoms with E-state index in [1.165, 1.54) is 0 Å². The second-order valence-corrected chi connectivity index (χ2v) is 6.16. The maximum Gasteiger partial charge on any atom is 0.145 e. The number of nitrogens with zero attached hydrogens (tertiary/aromatic N) is 5. The fraction of sp³-hybridized carbons (Fsp3) is 0.333. The molecule has 0 aliphatic carbocycles. The topological polar surface area (TPSA) is 90.8 Å². The predicted molar refractivity (Wildman–Crippen MR) is 86.4 cm³/mol. The lowest BCUT2D eigenvalue weighted by Gasteiger charge is -2.46. The van der Waals surface area contributed by atoms with Crippen molar-refractivity contribution in [1.82, 2.24) is 25.4 Å². The molecule has 1 aliphatic heterocycles. The van der Waals surface area contributed by atoms with Gasteiger partial charge in [-0.05, 0) is 18.2 Å². The predicted octanol–water partition coefficient (Wildman–Crippen LogP) is 1.67. The maximum atomic E-state index is 10.6. The van der Waals surface area contributed by atoms with E-state index in [4.69, 9.17) is 11.6 Å². The van der Waals surface area contributed by atoms with Crippen molar-refractivity contribution in [3.63, 3.8) is 0 Å². The summed E-state index contributed by atoms with van der Waals surface area (Å²) >= 11 is 6.07. The summed E-state index contributed by atoms with van der Waals surface area (Å²) in [7, 11) is 0. The number of benzene rings is 1. The van der Waals surface area contributed by atoms with Crippen LogP contribution in [-0.2, 0) is 12.0 Å². The highest BCUT2D eigenvalue weighted by Crippen LogP contribution is 2.36. The summed E-state index contributed by atoms with van der Waals surface area (Å²) in [6.45, 7) is 2.84. The van der Waals surface area contributed by atoms with Crippen molar-refractivity contribution in [1.29, 1.82) is 0 Å². The summed E-state index contributed by atoms with van der Waals surface area (Å²) in [5, 5.41) is 22.5. The number of hydrogen-bond acceptors (Lipinski definition) is 6. The van der Waals surface area contributed by atoms with Gasteiger partial charge in [0.05, 0.1) is 24.8 Å². The number of halogens is 1. The van der Waals surface area contributed by atoms with E-state index in [0.717, 1.165) is 29.0 Å². The number of fused-ring (bicyclic) bond motifs is 1. The van der Waals surface area contributed by atoms with Crippen molar-refractivity contribution in [3.05, 3.63) is 40.9 Å². The Labute approximate surface area is 137 Å². The average molecular weight is 331 g/mol. The molecular formula is C15H15ClN6O. The lowest BCUT2D eigenvalue weighted by atomic mass is 9.90. The molecule has 0 bridgehead atoms. The third-order valence-corrected chi connectivity index (χ3v) is 4.33. The van der Waals surface area contributed by atoms with Crippen LogP contribution in [0.3, 0.4) is 0 Å². The Balaban J connectivity index is 1.72. The smallest absolute Gasteiger partial charge is 0.145 e. The van der Waals surface area contributed by atoms with E-state index in [9.17, 15) is 5.11 Å². The number of rotatable bonds is 3. The van der Waals surface area contributed by atoms with Crippen molar-refractivity contribution in [2.75, 3.05) is 18.0 Å². The Bertz CT molecular complexity index is 860. The van der Waals surface area contributed by atoms with E-state index in [0.29, 0.717) is 23.8 Å². The van der Waals surface area contributed by atoms with E-state index in [1.807, 2.05) is 30.0 Å². The van der Waals surface area contributed by atoms with E-state index < -0.39 is 5.60 Å². The molecule has 23 heavy (non-hydrogen) atoms. The summed E-state index contributed by atoms with van der Waals surface area (Å²) in [4.78, 5) is 11.2. The highest BCUT2D eigenvalue weighted by atomic mass is 35.5. The average Bonchev–Trinajstić information content (AvgIpc) is 3.05. The quantitative estimate of drug-likeness (QED) is 0.759. The molecule has 0 unspecified atom stereocenters. The molecule has 3 aromatic rings. The molecule has 0 atom stereocenters. The molecule has 0 radical (unpaired) electrons. The van der Waals surface area contributed by atoms with E-state index >= 15 is 0 Å². The number of nitrogens with one attached hydrogen (secondary N) is 1. The number of aromatic amines is 1. The molecular weight excluding hydrogens is 316 g/mol. The van der Waals surface area contributed by atoms with E-state index in [2.05, 4.69) is 25.4 Å². The van der Waals surface area contributed by atoms with Crippen LogP contribution in [0.15, 0.2) is 24.4 Å². The van der Waals surface area contributed by atoms with Gasteiger partial charge in [0, 0.05) is 16.8 Å². The summed E-state index contributed by atoms with van der Waals surface area (Å²) in [6.07, 6.45) is 2.28. The van der Waals surface area contributed by atoms with Crippen molar-refractivity contribution in [3.8, 4) is 0 Å². The van der Waals surface area contributed by atoms with Crippen LogP contribution in [0.1, 0.15) is 18.4 Å². The fourth-order valence-corrected chi connectivity index (χ4v) is 3.02. The van der Waals surface area contributed by atoms with Crippen molar-refractivity contribution in [2.45, 2.75) is 18.9 Å². The SMILES string of the molecule is CCc1nc(N2CC(O)(c3cn[nH]n3)C2)c2ccc(Cl)cc2n1. The van der Waals surface area contributed by atoms with Crippen LogP contribution in [0, 0.1) is 0 Å². The van der Waals surface area contributed by atoms with E-state index in [-0.39, 0.29) is 0 Å². The number of anilines is 1. The first-order chi connectivity index (χ1) is 11.1. The molecule has 0 amide bonds. The van der Waals surface area contributed by atoms with Crippen molar-refractivity contribution < 1.29 is 5.11 Å². The second kappa shape index (κ2) is 5.14. The second-order valence-electron chi connectivity index (χ2n) is 5.72. The van der Waals surface area contributed by atoms with Gasteiger partial charge in [0.25, 0.3) is 0 Å². The van der Waals surface area contributed by atoms with Gasteiger partial charge in [-0.15, -0.1) is 0 Å². The Morgan fingerprint density at radius 3 is 2.87 bits per heavy atom. The zero-order valence-electron chi connectivity index (χ0n) is 12.5. The van der Waals surface area contributed by atoms with Gasteiger partial charge < -0.3 is 10.0 Å². The molecule has 3 heterocycles. The van der Waals surface area contributed by atoms with Crippen LogP contribution in [0.2, 0.25) is 5.02 Å². The first-order valence-electron chi connectivity index (χ1n) is 7.39. The zero-order valence-corrected chi connectivity index (χ0v) is 13.2. The summed E-state index contributed by atoms with van der Waals surface area (Å²) in [5.74, 6) is 1.57. The third-order valence-electron chi connectivity index (χ3n) is 4.10. The van der Waals surface area contributed by atoms with Gasteiger partial charge in [-0.1, -0.05) is 18.5 Å². The third kappa shape index (κ3) is 2.32. The lowest BCUT2D eigenvalue weighted by Crippen LogP contribution is -2.60. The maximum absolute atomic E-state index is 10.6. The Kier molecular flexibility index (Phi) is 3.21. The molecule has 1 aliphatic rings. The summed E-state index contributed by atoms with van der Waals surface area (Å²) in [5.41, 5.74) is 0.366. The van der Waals surface area contributed by atoms with Gasteiger partial charge in [0.2, 0.25) is 0 Å². The zero-order chi connectivity index (χ0) is 16.0. The number of aromatic nitrogens is 5. The molecule has 0 spiro atoms. The molecule has 1 fully saturated rings. The molecule has 1 aromatic carbocycles. The number of aliphatic hydroxyl groups is 1. The molecule has 7 nitrogen and oxygen atoms in total. The number of hydrogen-bond donors (Lipinski definition) is 2. The molecule has 2 N–H and O–H groups in total. The van der Waals surface area contributed by atoms with Crippen LogP contribution in [0.5, 0.6) is 0 Å². The Morgan fingerprint density at radius 1 is 1.35 bits per heavy atom. The van der Waals surface area contributed by atoms with Crippen molar-refractivity contribution in [2.24, 2.45) is 0 Å². The number of β-amino-alcohol motifs (C(OH)–C–C–N with tert-alkyl or cyclic N) is 1. The normalized spacial score (nSPS) is 16.6. The molecule has 8 heteroatoms. The fourth-order valence-electron chi connectivity index (χ4n) is 2.85. The molecule has 118 valence electrons. The highest BCUT2D eigenvalue weighted by Gasteiger charge is 2.46. The van der Waals surface area contributed by atoms with Gasteiger partial charge >= 0.3 is 0 Å². The van der Waals surface area contributed by atoms with E-state index in [1.54, 1.807) is 6.20 Å². The first-order valence-corrected chi connectivity index (χ1v) is 7.76. The monoisotopic (exact) mass is 330 g/mol. The lowest BCUT2D eigenvalue weighted by molar-refractivity contribution is 0.00301. The molecule has 4 rings (SSSR count).